The largest absolute Gasteiger partial charge is 0.481 e. The van der Waals surface area contributed by atoms with E-state index in [0.717, 1.165) is 5.56 Å². The lowest BCUT2D eigenvalue weighted by atomic mass is 9.65. The molecule has 8 nitrogen and oxygen atoms in total. The van der Waals surface area contributed by atoms with Crippen molar-refractivity contribution in [3.8, 4) is 0 Å². The third kappa shape index (κ3) is 3.78. The van der Waals surface area contributed by atoms with E-state index in [1.807, 2.05) is 51.1 Å². The summed E-state index contributed by atoms with van der Waals surface area (Å²) in [6, 6.07) is 7.91. The highest BCUT2D eigenvalue weighted by Crippen LogP contribution is 2.64. The predicted molar refractivity (Wildman–Crippen MR) is 129 cm³/mol. The first-order chi connectivity index (χ1) is 16.7. The van der Waals surface area contributed by atoms with Crippen molar-refractivity contribution >= 4 is 17.8 Å². The summed E-state index contributed by atoms with van der Waals surface area (Å²) in [5, 5.41) is 20.5. The van der Waals surface area contributed by atoms with Gasteiger partial charge in [-0.05, 0) is 30.7 Å². The monoisotopic (exact) mass is 484 g/mol. The maximum absolute atomic E-state index is 14.3. The van der Waals surface area contributed by atoms with Crippen LogP contribution in [0.1, 0.15) is 45.6 Å². The molecule has 1 spiro atoms. The number of carboxylic acids is 1. The fourth-order valence-corrected chi connectivity index (χ4v) is 6.65. The predicted octanol–water partition coefficient (Wildman–Crippen LogP) is 2.46. The molecule has 2 N–H and O–H groups in total. The summed E-state index contributed by atoms with van der Waals surface area (Å²) in [4.78, 5) is 43.9. The molecule has 0 aromatic heterocycles. The van der Waals surface area contributed by atoms with Gasteiger partial charge < -0.3 is 24.7 Å². The van der Waals surface area contributed by atoms with Gasteiger partial charge in [-0.2, -0.15) is 0 Å². The number of carbonyl (C=O) groups excluding carboxylic acids is 2. The van der Waals surface area contributed by atoms with Crippen molar-refractivity contribution in [2.24, 2.45) is 17.8 Å². The van der Waals surface area contributed by atoms with Crippen LogP contribution in [0.3, 0.4) is 0 Å². The number of rotatable bonds is 10. The molecule has 0 radical (unpaired) electrons. The van der Waals surface area contributed by atoms with E-state index in [2.05, 4.69) is 6.58 Å². The van der Waals surface area contributed by atoms with Gasteiger partial charge in [-0.15, -0.1) is 6.58 Å². The maximum atomic E-state index is 14.3. The number of aliphatic hydroxyl groups excluding tert-OH is 1. The minimum absolute atomic E-state index is 0.142. The quantitative estimate of drug-likeness (QED) is 0.494. The molecular formula is C27H36N2O6. The first-order valence-electron chi connectivity index (χ1n) is 12.5. The second kappa shape index (κ2) is 9.39. The van der Waals surface area contributed by atoms with E-state index in [-0.39, 0.29) is 25.0 Å². The summed E-state index contributed by atoms with van der Waals surface area (Å²) in [6.45, 7) is 9.71. The molecule has 35 heavy (non-hydrogen) atoms. The number of carbonyl (C=O) groups is 3. The van der Waals surface area contributed by atoms with Crippen LogP contribution in [0.4, 0.5) is 0 Å². The third-order valence-electron chi connectivity index (χ3n) is 8.31. The van der Waals surface area contributed by atoms with Crippen LogP contribution in [0, 0.1) is 17.8 Å². The van der Waals surface area contributed by atoms with E-state index >= 15 is 0 Å². The van der Waals surface area contributed by atoms with Gasteiger partial charge in [-0.3, -0.25) is 14.4 Å². The van der Waals surface area contributed by atoms with Crippen LogP contribution in [-0.2, 0) is 25.7 Å². The van der Waals surface area contributed by atoms with Crippen LogP contribution in [0.5, 0.6) is 0 Å². The molecule has 8 heteroatoms. The first kappa shape index (κ1) is 25.4. The molecule has 2 unspecified atom stereocenters. The molecule has 3 fully saturated rings. The summed E-state index contributed by atoms with van der Waals surface area (Å²) in [7, 11) is 0. The van der Waals surface area contributed by atoms with Crippen molar-refractivity contribution in [3.63, 3.8) is 0 Å². The molecule has 1 aromatic rings. The lowest BCUT2D eigenvalue weighted by Gasteiger charge is -2.40. The number of amides is 2. The number of hydrogen-bond donors (Lipinski definition) is 2. The van der Waals surface area contributed by atoms with Gasteiger partial charge in [-0.25, -0.2) is 0 Å². The number of aliphatic carboxylic acids is 1. The standard InChI is InChI=1S/C27H36N2O6/c1-5-14-28(15-18-10-8-7-9-11-18)24(32)22-27-13-12-26(6-2,35-27)21(25(33)34)20(27)23(31)29(22)19(16-30)17(3)4/h5,7-11,17,19-22,30H,1,6,12-16H2,2-4H3,(H,33,34)/t19-,20-,21+,22?,26-,27?/m0/s1. The van der Waals surface area contributed by atoms with E-state index in [9.17, 15) is 24.6 Å². The van der Waals surface area contributed by atoms with Crippen LogP contribution >= 0.6 is 0 Å². The minimum Gasteiger partial charge on any atom is -0.481 e. The third-order valence-corrected chi connectivity index (χ3v) is 8.31. The number of likely N-dealkylation sites (tertiary alicyclic amines) is 1. The Morgan fingerprint density at radius 2 is 1.97 bits per heavy atom. The molecule has 3 aliphatic rings. The van der Waals surface area contributed by atoms with Crippen molar-refractivity contribution in [1.82, 2.24) is 9.80 Å². The van der Waals surface area contributed by atoms with Crippen molar-refractivity contribution in [2.45, 2.75) is 69.9 Å². The van der Waals surface area contributed by atoms with Gasteiger partial charge in [0.05, 0.1) is 24.2 Å². The number of benzene rings is 1. The van der Waals surface area contributed by atoms with Crippen molar-refractivity contribution in [1.29, 1.82) is 0 Å². The number of nitrogens with zero attached hydrogens (tertiary/aromatic N) is 2. The Bertz CT molecular complexity index is 997. The lowest BCUT2D eigenvalue weighted by Crippen LogP contribution is -2.59. The van der Waals surface area contributed by atoms with E-state index < -0.39 is 47.0 Å². The van der Waals surface area contributed by atoms with Gasteiger partial charge in [-0.1, -0.05) is 57.2 Å². The first-order valence-corrected chi connectivity index (χ1v) is 12.5. The molecule has 3 saturated heterocycles. The van der Waals surface area contributed by atoms with Gasteiger partial charge >= 0.3 is 5.97 Å². The number of fused-ring (bicyclic) bond motifs is 1. The van der Waals surface area contributed by atoms with Crippen LogP contribution in [0.2, 0.25) is 0 Å². The van der Waals surface area contributed by atoms with E-state index in [1.165, 1.54) is 4.90 Å². The molecule has 6 atom stereocenters. The normalized spacial score (nSPS) is 32.1. The van der Waals surface area contributed by atoms with Crippen LogP contribution in [0.15, 0.2) is 43.0 Å². The Labute approximate surface area is 206 Å². The summed E-state index contributed by atoms with van der Waals surface area (Å²) in [5.74, 6) is -3.91. The topological polar surface area (TPSA) is 107 Å². The second-order valence-corrected chi connectivity index (χ2v) is 10.4. The Hall–Kier alpha value is -2.71. The second-order valence-electron chi connectivity index (χ2n) is 10.4. The van der Waals surface area contributed by atoms with Crippen LogP contribution < -0.4 is 0 Å². The molecule has 3 heterocycles. The highest BCUT2D eigenvalue weighted by atomic mass is 16.5. The summed E-state index contributed by atoms with van der Waals surface area (Å²) < 4.78 is 6.58. The summed E-state index contributed by atoms with van der Waals surface area (Å²) >= 11 is 0. The van der Waals surface area contributed by atoms with Crippen LogP contribution in [0.25, 0.3) is 0 Å². The SMILES string of the molecule is C=CCN(Cc1ccccc1)C(=O)C1N([C@@H](CO)C(C)C)C(=O)[C@@H]2[C@H](C(=O)O)[C@]3(CC)CCC12O3. The Kier molecular flexibility index (Phi) is 6.81. The molecular weight excluding hydrogens is 448 g/mol. The highest BCUT2D eigenvalue weighted by Gasteiger charge is 2.79. The number of aliphatic hydroxyl groups is 1. The molecule has 1 aromatic carbocycles. The zero-order valence-electron chi connectivity index (χ0n) is 20.7. The van der Waals surface area contributed by atoms with E-state index in [1.54, 1.807) is 11.0 Å². The molecule has 0 saturated carbocycles. The number of ether oxygens (including phenoxy) is 1. The van der Waals surface area contributed by atoms with Crippen molar-refractivity contribution < 1.29 is 29.3 Å². The molecule has 3 aliphatic heterocycles. The van der Waals surface area contributed by atoms with Gasteiger partial charge in [0.1, 0.15) is 17.6 Å². The highest BCUT2D eigenvalue weighted by molar-refractivity contribution is 5.98. The van der Waals surface area contributed by atoms with Gasteiger partial charge in [0, 0.05) is 13.1 Å². The zero-order valence-corrected chi connectivity index (χ0v) is 20.7. The average Bonchev–Trinajstić information content (AvgIpc) is 3.43. The van der Waals surface area contributed by atoms with Gasteiger partial charge in [0.25, 0.3) is 0 Å². The van der Waals surface area contributed by atoms with Crippen molar-refractivity contribution in [3.05, 3.63) is 48.6 Å². The Morgan fingerprint density at radius 1 is 1.29 bits per heavy atom. The summed E-state index contributed by atoms with van der Waals surface area (Å²) in [6.07, 6.45) is 3.00. The van der Waals surface area contributed by atoms with E-state index in [4.69, 9.17) is 4.74 Å². The molecule has 4 rings (SSSR count). The Morgan fingerprint density at radius 3 is 2.51 bits per heavy atom. The molecule has 0 aliphatic carbocycles. The van der Waals surface area contributed by atoms with Crippen molar-refractivity contribution in [2.75, 3.05) is 13.2 Å². The van der Waals surface area contributed by atoms with Gasteiger partial charge in [0.15, 0.2) is 0 Å². The average molecular weight is 485 g/mol. The number of hydrogen-bond acceptors (Lipinski definition) is 5. The lowest BCUT2D eigenvalue weighted by molar-refractivity contribution is -0.161. The zero-order chi connectivity index (χ0) is 25.5. The minimum atomic E-state index is -1.23. The molecule has 2 amide bonds. The Balaban J connectivity index is 1.82. The molecule has 190 valence electrons. The summed E-state index contributed by atoms with van der Waals surface area (Å²) in [5.41, 5.74) is -1.27. The van der Waals surface area contributed by atoms with Crippen LogP contribution in [-0.4, -0.2) is 74.2 Å². The smallest absolute Gasteiger partial charge is 0.310 e. The van der Waals surface area contributed by atoms with Gasteiger partial charge in [0.2, 0.25) is 11.8 Å². The number of carboxylic acid groups (broad SMARTS) is 1. The maximum Gasteiger partial charge on any atom is 0.310 e. The molecule has 2 bridgehead atoms. The fraction of sp³-hybridized carbons (Fsp3) is 0.593. The van der Waals surface area contributed by atoms with E-state index in [0.29, 0.717) is 25.8 Å². The fourth-order valence-electron chi connectivity index (χ4n) is 6.65.